The van der Waals surface area contributed by atoms with Gasteiger partial charge in [-0.3, -0.25) is 4.98 Å². The largest absolute Gasteiger partial charge is 0.493 e. The highest BCUT2D eigenvalue weighted by Gasteiger charge is 2.18. The first kappa shape index (κ1) is 19.7. The molecule has 0 radical (unpaired) electrons. The molecule has 0 aliphatic carbocycles. The summed E-state index contributed by atoms with van der Waals surface area (Å²) in [5, 5.41) is 1.13. The first-order chi connectivity index (χ1) is 12.0. The van der Waals surface area contributed by atoms with E-state index in [4.69, 9.17) is 37.4 Å². The van der Waals surface area contributed by atoms with Gasteiger partial charge in [0.25, 0.3) is 0 Å². The summed E-state index contributed by atoms with van der Waals surface area (Å²) < 4.78 is 16.9. The number of rotatable bonds is 8. The fourth-order valence-electron chi connectivity index (χ4n) is 2.48. The van der Waals surface area contributed by atoms with Crippen molar-refractivity contribution in [3.8, 4) is 17.2 Å². The molecule has 25 heavy (non-hydrogen) atoms. The maximum absolute atomic E-state index is 6.22. The maximum Gasteiger partial charge on any atom is 0.203 e. The van der Waals surface area contributed by atoms with Gasteiger partial charge in [-0.2, -0.15) is 0 Å². The average Bonchev–Trinajstić information content (AvgIpc) is 2.59. The molecule has 6 heteroatoms. The lowest BCUT2D eigenvalue weighted by Crippen LogP contribution is -2.09. The van der Waals surface area contributed by atoms with Crippen LogP contribution >= 0.6 is 23.2 Å². The molecule has 1 aromatic carbocycles. The summed E-state index contributed by atoms with van der Waals surface area (Å²) in [6.45, 7) is 4.79. The fraction of sp³-hybridized carbons (Fsp3) is 0.421. The van der Waals surface area contributed by atoms with E-state index in [1.807, 2.05) is 12.1 Å². The lowest BCUT2D eigenvalue weighted by molar-refractivity contribution is 0.249. The summed E-state index contributed by atoms with van der Waals surface area (Å²) in [5.41, 5.74) is 1.89. The maximum atomic E-state index is 6.22. The van der Waals surface area contributed by atoms with E-state index in [1.165, 1.54) is 0 Å². The highest BCUT2D eigenvalue weighted by molar-refractivity contribution is 6.35. The third kappa shape index (κ3) is 4.93. The predicted molar refractivity (Wildman–Crippen MR) is 102 cm³/mol. The lowest BCUT2D eigenvalue weighted by Gasteiger charge is -2.19. The number of methoxy groups -OCH3 is 2. The summed E-state index contributed by atoms with van der Waals surface area (Å²) in [6, 6.07) is 3.87. The Morgan fingerprint density at radius 2 is 1.64 bits per heavy atom. The highest BCUT2D eigenvalue weighted by Crippen LogP contribution is 2.41. The van der Waals surface area contributed by atoms with Crippen LogP contribution < -0.4 is 14.2 Å². The first-order valence-corrected chi connectivity index (χ1v) is 8.88. The van der Waals surface area contributed by atoms with Crippen LogP contribution in [0.25, 0.3) is 0 Å². The van der Waals surface area contributed by atoms with Gasteiger partial charge in [0.2, 0.25) is 5.75 Å². The van der Waals surface area contributed by atoms with E-state index in [0.717, 1.165) is 11.1 Å². The van der Waals surface area contributed by atoms with Crippen molar-refractivity contribution in [2.24, 2.45) is 5.92 Å². The third-order valence-electron chi connectivity index (χ3n) is 3.74. The number of pyridine rings is 1. The van der Waals surface area contributed by atoms with Crippen molar-refractivity contribution in [1.82, 2.24) is 4.98 Å². The van der Waals surface area contributed by atoms with Gasteiger partial charge in [-0.15, -0.1) is 0 Å². The lowest BCUT2D eigenvalue weighted by atomic mass is 10.0. The third-order valence-corrected chi connectivity index (χ3v) is 4.39. The van der Waals surface area contributed by atoms with Gasteiger partial charge in [0.05, 0.1) is 30.9 Å². The zero-order valence-corrected chi connectivity index (χ0v) is 16.4. The number of ether oxygens (including phenoxy) is 3. The van der Waals surface area contributed by atoms with E-state index in [9.17, 15) is 0 Å². The Balaban J connectivity index is 2.32. The molecule has 0 spiro atoms. The van der Waals surface area contributed by atoms with E-state index in [2.05, 4.69) is 18.8 Å². The SMILES string of the molecule is COc1ccc(CCc2c(Cl)cncc2Cl)c(OCC(C)C)c1OC. The quantitative estimate of drug-likeness (QED) is 0.625. The second-order valence-corrected chi connectivity index (χ2v) is 6.89. The molecule has 0 atom stereocenters. The van der Waals surface area contributed by atoms with Gasteiger partial charge >= 0.3 is 0 Å². The number of hydrogen-bond acceptors (Lipinski definition) is 4. The summed E-state index contributed by atoms with van der Waals surface area (Å²) in [6.07, 6.45) is 4.59. The van der Waals surface area contributed by atoms with Crippen LogP contribution in [0, 0.1) is 5.92 Å². The number of hydrogen-bond donors (Lipinski definition) is 0. The molecule has 0 fully saturated rings. The zero-order chi connectivity index (χ0) is 18.4. The number of aryl methyl sites for hydroxylation is 1. The topological polar surface area (TPSA) is 40.6 Å². The minimum absolute atomic E-state index is 0.396. The molecular weight excluding hydrogens is 361 g/mol. The molecule has 0 unspecified atom stereocenters. The molecule has 0 saturated carbocycles. The summed E-state index contributed by atoms with van der Waals surface area (Å²) in [7, 11) is 3.22. The van der Waals surface area contributed by atoms with E-state index in [0.29, 0.717) is 52.7 Å². The second-order valence-electron chi connectivity index (χ2n) is 6.08. The normalized spacial score (nSPS) is 10.8. The average molecular weight is 384 g/mol. The number of aromatic nitrogens is 1. The molecule has 2 rings (SSSR count). The molecule has 0 aliphatic rings. The van der Waals surface area contributed by atoms with Crippen LogP contribution in [0.4, 0.5) is 0 Å². The van der Waals surface area contributed by atoms with Crippen LogP contribution in [-0.2, 0) is 12.8 Å². The van der Waals surface area contributed by atoms with Crippen molar-refractivity contribution < 1.29 is 14.2 Å². The molecule has 2 aromatic rings. The molecule has 0 bridgehead atoms. The van der Waals surface area contributed by atoms with Gasteiger partial charge in [-0.05, 0) is 36.0 Å². The minimum Gasteiger partial charge on any atom is -0.493 e. The molecule has 1 aromatic heterocycles. The Morgan fingerprint density at radius 3 is 2.20 bits per heavy atom. The van der Waals surface area contributed by atoms with Crippen molar-refractivity contribution in [1.29, 1.82) is 0 Å². The van der Waals surface area contributed by atoms with Crippen LogP contribution in [0.3, 0.4) is 0 Å². The Hall–Kier alpha value is -1.65. The Kier molecular flexibility index (Phi) is 7.21. The Morgan fingerprint density at radius 1 is 0.960 bits per heavy atom. The molecule has 0 N–H and O–H groups in total. The number of nitrogens with zero attached hydrogens (tertiary/aromatic N) is 1. The molecule has 0 saturated heterocycles. The monoisotopic (exact) mass is 383 g/mol. The molecule has 4 nitrogen and oxygen atoms in total. The van der Waals surface area contributed by atoms with Crippen molar-refractivity contribution >= 4 is 23.2 Å². The molecule has 0 amide bonds. The molecule has 1 heterocycles. The van der Waals surface area contributed by atoms with Crippen LogP contribution in [0.15, 0.2) is 24.5 Å². The van der Waals surface area contributed by atoms with Crippen LogP contribution in [0.5, 0.6) is 17.2 Å². The zero-order valence-electron chi connectivity index (χ0n) is 14.9. The molecule has 136 valence electrons. The Labute approximate surface area is 159 Å². The van der Waals surface area contributed by atoms with Crippen molar-refractivity contribution in [3.05, 3.63) is 45.7 Å². The van der Waals surface area contributed by atoms with Gasteiger partial charge < -0.3 is 14.2 Å². The van der Waals surface area contributed by atoms with Gasteiger partial charge in [0, 0.05) is 12.4 Å². The second kappa shape index (κ2) is 9.16. The predicted octanol–water partition coefficient (Wildman–Crippen LogP) is 5.23. The van der Waals surface area contributed by atoms with Crippen molar-refractivity contribution in [2.75, 3.05) is 20.8 Å². The van der Waals surface area contributed by atoms with Gasteiger partial charge in [0.15, 0.2) is 11.5 Å². The van der Waals surface area contributed by atoms with Crippen molar-refractivity contribution in [3.63, 3.8) is 0 Å². The number of halogens is 2. The molecule has 0 aliphatic heterocycles. The molecular formula is C19H23Cl2NO3. The van der Waals surface area contributed by atoms with Crippen LogP contribution in [0.1, 0.15) is 25.0 Å². The minimum atomic E-state index is 0.396. The van der Waals surface area contributed by atoms with Gasteiger partial charge in [0.1, 0.15) is 0 Å². The van der Waals surface area contributed by atoms with E-state index in [1.54, 1.807) is 26.6 Å². The Bertz CT molecular complexity index is 700. The van der Waals surface area contributed by atoms with Crippen molar-refractivity contribution in [2.45, 2.75) is 26.7 Å². The van der Waals surface area contributed by atoms with Gasteiger partial charge in [-0.1, -0.05) is 43.1 Å². The van der Waals surface area contributed by atoms with E-state index in [-0.39, 0.29) is 0 Å². The van der Waals surface area contributed by atoms with E-state index >= 15 is 0 Å². The van der Waals surface area contributed by atoms with Crippen LogP contribution in [0.2, 0.25) is 10.0 Å². The highest BCUT2D eigenvalue weighted by atomic mass is 35.5. The van der Waals surface area contributed by atoms with Crippen LogP contribution in [-0.4, -0.2) is 25.8 Å². The summed E-state index contributed by atoms with van der Waals surface area (Å²) in [5.74, 6) is 2.35. The summed E-state index contributed by atoms with van der Waals surface area (Å²) >= 11 is 12.4. The standard InChI is InChI=1S/C19H23Cl2NO3/c1-12(2)11-25-18-13(6-8-17(23-3)19(18)24-4)5-7-14-15(20)9-22-10-16(14)21/h6,8-10,12H,5,7,11H2,1-4H3. The smallest absolute Gasteiger partial charge is 0.203 e. The number of benzene rings is 1. The summed E-state index contributed by atoms with van der Waals surface area (Å²) in [4.78, 5) is 3.99. The first-order valence-electron chi connectivity index (χ1n) is 8.12. The fourth-order valence-corrected chi connectivity index (χ4v) is 3.03. The van der Waals surface area contributed by atoms with Gasteiger partial charge in [-0.25, -0.2) is 0 Å². The van der Waals surface area contributed by atoms with E-state index < -0.39 is 0 Å².